The van der Waals surface area contributed by atoms with Gasteiger partial charge in [0.1, 0.15) is 13.2 Å². The number of aromatic carboxylic acids is 2. The second-order valence-electron chi connectivity index (χ2n) is 10.2. The van der Waals surface area contributed by atoms with Gasteiger partial charge in [-0.3, -0.25) is 9.63 Å². The summed E-state index contributed by atoms with van der Waals surface area (Å²) in [5.74, 6) is -4.53. The number of carboxylic acid groups (broad SMARTS) is 2. The first kappa shape index (κ1) is 34.0. The van der Waals surface area contributed by atoms with Gasteiger partial charge in [0, 0.05) is 13.1 Å². The first-order chi connectivity index (χ1) is 22.7. The maximum absolute atomic E-state index is 12.8. The van der Waals surface area contributed by atoms with Crippen LogP contribution in [0, 0.1) is 0 Å². The van der Waals surface area contributed by atoms with Crippen molar-refractivity contribution in [2.45, 2.75) is 26.2 Å². The zero-order chi connectivity index (χ0) is 33.6. The molecular formula is C35H32N2O10. The van der Waals surface area contributed by atoms with Crippen LogP contribution in [0.5, 0.6) is 0 Å². The molecular weight excluding hydrogens is 608 g/mol. The predicted molar refractivity (Wildman–Crippen MR) is 168 cm³/mol. The lowest BCUT2D eigenvalue weighted by atomic mass is 10.0. The number of hydroxylamine groups is 1. The number of benzene rings is 4. The number of carbonyl (C=O) groups excluding carboxylic acids is 3. The van der Waals surface area contributed by atoms with E-state index in [0.29, 0.717) is 6.42 Å². The molecule has 0 saturated heterocycles. The quantitative estimate of drug-likeness (QED) is 0.0762. The first-order valence-corrected chi connectivity index (χ1v) is 14.5. The van der Waals surface area contributed by atoms with Crippen molar-refractivity contribution in [2.75, 3.05) is 13.1 Å². The third kappa shape index (κ3) is 10.1. The highest BCUT2D eigenvalue weighted by Gasteiger charge is 2.20. The zero-order valence-electron chi connectivity index (χ0n) is 25.1. The second-order valence-corrected chi connectivity index (χ2v) is 10.2. The van der Waals surface area contributed by atoms with Gasteiger partial charge in [-0.1, -0.05) is 60.7 Å². The van der Waals surface area contributed by atoms with Crippen molar-refractivity contribution in [2.24, 2.45) is 0 Å². The first-order valence-electron chi connectivity index (χ1n) is 14.5. The minimum absolute atomic E-state index is 0.0152. The molecule has 4 aromatic rings. The predicted octanol–water partition coefficient (Wildman–Crippen LogP) is 4.64. The minimum atomic E-state index is -1.33. The number of carbonyl (C=O) groups is 5. The van der Waals surface area contributed by atoms with Crippen LogP contribution in [0.2, 0.25) is 0 Å². The fourth-order valence-corrected chi connectivity index (χ4v) is 4.37. The number of hydrogen-bond acceptors (Lipinski definition) is 9. The lowest BCUT2D eigenvalue weighted by molar-refractivity contribution is 0.0265. The molecule has 12 nitrogen and oxygen atoms in total. The van der Waals surface area contributed by atoms with Crippen molar-refractivity contribution in [1.29, 1.82) is 0 Å². The number of amides is 1. The fourth-order valence-electron chi connectivity index (χ4n) is 4.37. The molecule has 47 heavy (non-hydrogen) atoms. The second kappa shape index (κ2) is 17.0. The van der Waals surface area contributed by atoms with Gasteiger partial charge in [-0.25, -0.2) is 24.7 Å². The van der Waals surface area contributed by atoms with Crippen molar-refractivity contribution in [3.05, 3.63) is 142 Å². The summed E-state index contributed by atoms with van der Waals surface area (Å²) < 4.78 is 10.6. The van der Waals surface area contributed by atoms with E-state index in [9.17, 15) is 34.2 Å². The maximum Gasteiger partial charge on any atom is 0.338 e. The third-order valence-corrected chi connectivity index (χ3v) is 6.80. The monoisotopic (exact) mass is 640 g/mol. The van der Waals surface area contributed by atoms with Gasteiger partial charge in [0.2, 0.25) is 0 Å². The summed E-state index contributed by atoms with van der Waals surface area (Å²) in [6.07, 6.45) is 0.352. The molecule has 0 atom stereocenters. The van der Waals surface area contributed by atoms with Crippen LogP contribution in [0.4, 0.5) is 0 Å². The molecule has 12 heteroatoms. The van der Waals surface area contributed by atoms with Gasteiger partial charge in [-0.05, 0) is 59.5 Å². The smallest absolute Gasteiger partial charge is 0.338 e. The van der Waals surface area contributed by atoms with Gasteiger partial charge in [0.05, 0.1) is 34.4 Å². The summed E-state index contributed by atoms with van der Waals surface area (Å²) >= 11 is 0. The van der Waals surface area contributed by atoms with Crippen LogP contribution in [0.1, 0.15) is 74.9 Å². The van der Waals surface area contributed by atoms with Crippen LogP contribution in [0.25, 0.3) is 0 Å². The Balaban J connectivity index is 1.25. The van der Waals surface area contributed by atoms with Gasteiger partial charge < -0.3 is 25.0 Å². The Labute approximate surface area is 269 Å². The Morgan fingerprint density at radius 2 is 1.11 bits per heavy atom. The average Bonchev–Trinajstić information content (AvgIpc) is 3.09. The molecule has 4 rings (SSSR count). The number of nitrogens with one attached hydrogen (secondary N) is 2. The van der Waals surface area contributed by atoms with Crippen LogP contribution < -0.4 is 10.8 Å². The lowest BCUT2D eigenvalue weighted by Gasteiger charge is -2.12. The van der Waals surface area contributed by atoms with Crippen LogP contribution in [-0.2, 0) is 34.1 Å². The van der Waals surface area contributed by atoms with Crippen molar-refractivity contribution < 1.29 is 48.5 Å². The molecule has 4 N–H and O–H groups in total. The Hall–Kier alpha value is -5.85. The number of esters is 2. The molecule has 0 unspecified atom stereocenters. The van der Waals surface area contributed by atoms with E-state index in [1.165, 1.54) is 36.4 Å². The maximum atomic E-state index is 12.8. The van der Waals surface area contributed by atoms with E-state index in [-0.39, 0.29) is 66.3 Å². The number of ether oxygens (including phenoxy) is 2. The van der Waals surface area contributed by atoms with Crippen molar-refractivity contribution in [1.82, 2.24) is 10.8 Å². The fraction of sp³-hybridized carbons (Fsp3) is 0.171. The molecule has 242 valence electrons. The average molecular weight is 641 g/mol. The molecule has 0 fully saturated rings. The van der Waals surface area contributed by atoms with Gasteiger partial charge in [0.15, 0.2) is 0 Å². The standard InChI is InChI=1S/C35H32N2O10/c38-31(30-19-26(13-15-29(30)33(41)42)35(44)46-21-24-10-5-2-6-11-24)36-16-7-17-37-47-22-27-18-25(12-14-28(27)32(39)40)34(43)45-20-23-8-3-1-4-9-23/h1-6,8-15,18-19,37H,7,16-17,20-22H2,(H,36,38)(H,39,40)(H,41,42). The van der Waals surface area contributed by atoms with E-state index in [1.807, 2.05) is 36.4 Å². The van der Waals surface area contributed by atoms with Gasteiger partial charge in [-0.2, -0.15) is 0 Å². The summed E-state index contributed by atoms with van der Waals surface area (Å²) in [6, 6.07) is 25.8. The summed E-state index contributed by atoms with van der Waals surface area (Å²) in [5, 5.41) is 21.7. The molecule has 0 aliphatic heterocycles. The summed E-state index contributed by atoms with van der Waals surface area (Å²) in [6.45, 7) is 0.262. The van der Waals surface area contributed by atoms with E-state index in [0.717, 1.165) is 11.1 Å². The molecule has 0 aromatic heterocycles. The summed E-state index contributed by atoms with van der Waals surface area (Å²) in [5.41, 5.74) is 4.18. The van der Waals surface area contributed by atoms with E-state index >= 15 is 0 Å². The highest BCUT2D eigenvalue weighted by Crippen LogP contribution is 2.17. The van der Waals surface area contributed by atoms with Crippen LogP contribution in [-0.4, -0.2) is 53.1 Å². The van der Waals surface area contributed by atoms with E-state index in [4.69, 9.17) is 14.3 Å². The molecule has 1 amide bonds. The molecule has 0 heterocycles. The Morgan fingerprint density at radius 1 is 0.574 bits per heavy atom. The minimum Gasteiger partial charge on any atom is -0.478 e. The van der Waals surface area contributed by atoms with E-state index in [1.54, 1.807) is 24.3 Å². The third-order valence-electron chi connectivity index (χ3n) is 6.80. The van der Waals surface area contributed by atoms with Crippen molar-refractivity contribution >= 4 is 29.8 Å². The summed E-state index contributed by atoms with van der Waals surface area (Å²) in [7, 11) is 0. The van der Waals surface area contributed by atoms with Crippen LogP contribution >= 0.6 is 0 Å². The number of hydrogen-bond donors (Lipinski definition) is 4. The molecule has 0 bridgehead atoms. The van der Waals surface area contributed by atoms with E-state index in [2.05, 4.69) is 10.8 Å². The lowest BCUT2D eigenvalue weighted by Crippen LogP contribution is -2.29. The molecule has 0 radical (unpaired) electrons. The normalized spacial score (nSPS) is 10.6. The van der Waals surface area contributed by atoms with Gasteiger partial charge >= 0.3 is 23.9 Å². The van der Waals surface area contributed by atoms with Crippen molar-refractivity contribution in [3.63, 3.8) is 0 Å². The highest BCUT2D eigenvalue weighted by molar-refractivity contribution is 6.06. The highest BCUT2D eigenvalue weighted by atomic mass is 16.6. The number of rotatable bonds is 16. The molecule has 0 spiro atoms. The van der Waals surface area contributed by atoms with Gasteiger partial charge in [0.25, 0.3) is 5.91 Å². The van der Waals surface area contributed by atoms with Gasteiger partial charge in [-0.15, -0.1) is 0 Å². The Bertz CT molecular complexity index is 1730. The molecule has 0 aliphatic carbocycles. The topological polar surface area (TPSA) is 178 Å². The molecule has 0 saturated carbocycles. The van der Waals surface area contributed by atoms with Crippen molar-refractivity contribution in [3.8, 4) is 0 Å². The largest absolute Gasteiger partial charge is 0.478 e. The Kier molecular flexibility index (Phi) is 12.3. The van der Waals surface area contributed by atoms with Crippen LogP contribution in [0.3, 0.4) is 0 Å². The van der Waals surface area contributed by atoms with E-state index < -0.39 is 29.8 Å². The Morgan fingerprint density at radius 3 is 1.66 bits per heavy atom. The zero-order valence-corrected chi connectivity index (χ0v) is 25.1. The molecule has 0 aliphatic rings. The number of carboxylic acids is 2. The van der Waals surface area contributed by atoms with Crippen LogP contribution in [0.15, 0.2) is 97.1 Å². The molecule has 4 aromatic carbocycles. The summed E-state index contributed by atoms with van der Waals surface area (Å²) in [4.78, 5) is 66.7. The SMILES string of the molecule is O=C(OCc1ccccc1)c1ccc(C(=O)O)c(CONCCCNC(=O)c2cc(C(=O)OCc3ccccc3)ccc2C(=O)O)c1.